The Labute approximate surface area is 130 Å². The van der Waals surface area contributed by atoms with Crippen molar-refractivity contribution in [1.29, 1.82) is 0 Å². The second kappa shape index (κ2) is 14.7. The minimum absolute atomic E-state index is 0. The molecule has 1 radical (unpaired) electrons. The van der Waals surface area contributed by atoms with Crippen molar-refractivity contribution in [1.82, 2.24) is 0 Å². The van der Waals surface area contributed by atoms with Crippen LogP contribution in [-0.2, 0) is 26.7 Å². The summed E-state index contributed by atoms with van der Waals surface area (Å²) in [7, 11) is 0. The largest absolute Gasteiger partial charge is 2.00 e. The van der Waals surface area contributed by atoms with Gasteiger partial charge in [-0.05, 0) is 11.8 Å². The van der Waals surface area contributed by atoms with Crippen molar-refractivity contribution in [3.8, 4) is 0 Å². The van der Waals surface area contributed by atoms with Gasteiger partial charge in [0.05, 0.1) is 11.9 Å². The van der Waals surface area contributed by atoms with Gasteiger partial charge < -0.3 is 36.7 Å². The van der Waals surface area contributed by atoms with Crippen molar-refractivity contribution in [3.63, 3.8) is 0 Å². The fourth-order valence-electron chi connectivity index (χ4n) is 0.972. The Morgan fingerprint density at radius 2 is 1.10 bits per heavy atom. The molecule has 125 valence electrons. The van der Waals surface area contributed by atoms with Crippen molar-refractivity contribution in [2.75, 3.05) is 0 Å². The van der Waals surface area contributed by atoms with Gasteiger partial charge in [0, 0.05) is 12.1 Å². The minimum atomic E-state index is -1.16. The molecule has 0 aliphatic rings. The quantitative estimate of drug-likeness (QED) is 0.502. The monoisotopic (exact) mass is 341 g/mol. The van der Waals surface area contributed by atoms with E-state index in [1.54, 1.807) is 13.8 Å². The number of hydrogen-bond donors (Lipinski definition) is 2. The number of hydrogen-bond acceptors (Lipinski definition) is 6. The zero-order valence-electron chi connectivity index (χ0n) is 12.3. The van der Waals surface area contributed by atoms with Crippen LogP contribution in [0, 0.1) is 11.8 Å². The molecule has 0 heterocycles. The van der Waals surface area contributed by atoms with E-state index in [2.05, 4.69) is 0 Å². The standard InChI is InChI=1S/2C6H13NO2.Cu.H2O/c2*1-3-4(2)5(7)6(8)9;;/h2*4-5H,3,7H2,1-2H3,(H,8,9);;1H2/q;;+2;/p-2/t2*4-,5-;;/m00../s1. The van der Waals surface area contributed by atoms with Crippen LogP contribution in [0.4, 0.5) is 0 Å². The first-order valence-corrected chi connectivity index (χ1v) is 6.11. The van der Waals surface area contributed by atoms with E-state index in [-0.39, 0.29) is 34.4 Å². The summed E-state index contributed by atoms with van der Waals surface area (Å²) in [5.74, 6) is -2.31. The van der Waals surface area contributed by atoms with Crippen LogP contribution in [-0.4, -0.2) is 29.5 Å². The van der Waals surface area contributed by atoms with Crippen LogP contribution >= 0.6 is 0 Å². The Balaban J connectivity index is -0.000000116. The van der Waals surface area contributed by atoms with Crippen molar-refractivity contribution >= 4 is 11.9 Å². The Bertz CT molecular complexity index is 240. The van der Waals surface area contributed by atoms with E-state index < -0.39 is 24.0 Å². The second-order valence-corrected chi connectivity index (χ2v) is 4.46. The van der Waals surface area contributed by atoms with E-state index in [1.165, 1.54) is 0 Å². The SMILES string of the molecule is CC[C@H](C)[C@H](N)C(=O)[O-].CC[C@H](C)[C@H](N)C(=O)[O-].O.[Cu+2]. The summed E-state index contributed by atoms with van der Waals surface area (Å²) < 4.78 is 0. The minimum Gasteiger partial charge on any atom is -0.548 e. The summed E-state index contributed by atoms with van der Waals surface area (Å²) in [5, 5.41) is 20.1. The van der Waals surface area contributed by atoms with E-state index in [9.17, 15) is 19.8 Å². The fourth-order valence-corrected chi connectivity index (χ4v) is 0.972. The Kier molecular flexibility index (Phi) is 20.4. The molecule has 0 aromatic rings. The number of carboxylic acids is 2. The number of carbonyl (C=O) groups excluding carboxylic acids is 2. The van der Waals surface area contributed by atoms with Gasteiger partial charge in [-0.2, -0.15) is 0 Å². The predicted octanol–water partition coefficient (Wildman–Crippen LogP) is -2.61. The second-order valence-electron chi connectivity index (χ2n) is 4.46. The maximum atomic E-state index is 10.1. The Hall–Kier alpha value is -0.661. The molecule has 0 saturated carbocycles. The van der Waals surface area contributed by atoms with Gasteiger partial charge in [-0.15, -0.1) is 0 Å². The Morgan fingerprint density at radius 3 is 1.15 bits per heavy atom. The van der Waals surface area contributed by atoms with Gasteiger partial charge >= 0.3 is 17.1 Å². The van der Waals surface area contributed by atoms with Crippen LogP contribution in [0.1, 0.15) is 40.5 Å². The van der Waals surface area contributed by atoms with E-state index >= 15 is 0 Å². The molecule has 0 amide bonds. The molecule has 0 unspecified atom stereocenters. The molecule has 7 nitrogen and oxygen atoms in total. The molecule has 8 heteroatoms. The number of aliphatic carboxylic acids is 2. The number of nitrogens with two attached hydrogens (primary N) is 2. The third-order valence-corrected chi connectivity index (χ3v) is 3.06. The summed E-state index contributed by atoms with van der Waals surface area (Å²) in [4.78, 5) is 20.1. The maximum Gasteiger partial charge on any atom is 2.00 e. The molecule has 0 aliphatic heterocycles. The first-order chi connectivity index (χ1) is 8.18. The van der Waals surface area contributed by atoms with Crippen molar-refractivity contribution < 1.29 is 42.3 Å². The molecule has 0 aromatic heterocycles. The van der Waals surface area contributed by atoms with Crippen LogP contribution in [0.2, 0.25) is 0 Å². The maximum absolute atomic E-state index is 10.1. The molecule has 0 rings (SSSR count). The molecule has 0 bridgehead atoms. The zero-order chi connectivity index (χ0) is 14.9. The first kappa shape index (κ1) is 27.6. The van der Waals surface area contributed by atoms with Crippen LogP contribution < -0.4 is 21.7 Å². The third kappa shape index (κ3) is 12.4. The normalized spacial score (nSPS) is 15.1. The van der Waals surface area contributed by atoms with Crippen LogP contribution in [0.25, 0.3) is 0 Å². The van der Waals surface area contributed by atoms with Crippen LogP contribution in [0.3, 0.4) is 0 Å². The molecule has 0 aliphatic carbocycles. The molecule has 0 spiro atoms. The predicted molar refractivity (Wildman–Crippen MR) is 68.5 cm³/mol. The fraction of sp³-hybridized carbons (Fsp3) is 0.833. The zero-order valence-corrected chi connectivity index (χ0v) is 13.3. The third-order valence-electron chi connectivity index (χ3n) is 3.06. The molecular weight excluding hydrogens is 316 g/mol. The van der Waals surface area contributed by atoms with Gasteiger partial charge in [-0.25, -0.2) is 0 Å². The summed E-state index contributed by atoms with van der Waals surface area (Å²) in [6.45, 7) is 7.38. The van der Waals surface area contributed by atoms with Crippen molar-refractivity contribution in [3.05, 3.63) is 0 Å². The van der Waals surface area contributed by atoms with Crippen molar-refractivity contribution in [2.24, 2.45) is 23.3 Å². The van der Waals surface area contributed by atoms with E-state index in [0.29, 0.717) is 0 Å². The van der Waals surface area contributed by atoms with Gasteiger partial charge in [0.25, 0.3) is 0 Å². The van der Waals surface area contributed by atoms with E-state index in [0.717, 1.165) is 12.8 Å². The molecular formula is C12H26CuN2O5. The van der Waals surface area contributed by atoms with Crippen LogP contribution in [0.15, 0.2) is 0 Å². The number of carboxylic acid groups (broad SMARTS) is 2. The van der Waals surface area contributed by atoms with Gasteiger partial charge in [-0.3, -0.25) is 0 Å². The van der Waals surface area contributed by atoms with Gasteiger partial charge in [0.15, 0.2) is 0 Å². The number of rotatable bonds is 6. The van der Waals surface area contributed by atoms with E-state index in [4.69, 9.17) is 11.5 Å². The Morgan fingerprint density at radius 1 is 0.900 bits per heavy atom. The first-order valence-electron chi connectivity index (χ1n) is 6.11. The van der Waals surface area contributed by atoms with Gasteiger partial charge in [-0.1, -0.05) is 40.5 Å². The summed E-state index contributed by atoms with van der Waals surface area (Å²) in [6, 6.07) is -1.62. The van der Waals surface area contributed by atoms with Crippen LogP contribution in [0.5, 0.6) is 0 Å². The smallest absolute Gasteiger partial charge is 0.548 e. The summed E-state index contributed by atoms with van der Waals surface area (Å²) >= 11 is 0. The number of carbonyl (C=O) groups is 2. The summed E-state index contributed by atoms with van der Waals surface area (Å²) in [5.41, 5.74) is 10.4. The van der Waals surface area contributed by atoms with Gasteiger partial charge in [0.2, 0.25) is 0 Å². The summed E-state index contributed by atoms with van der Waals surface area (Å²) in [6.07, 6.45) is 1.55. The van der Waals surface area contributed by atoms with Crippen molar-refractivity contribution in [2.45, 2.75) is 52.6 Å². The molecule has 0 aromatic carbocycles. The van der Waals surface area contributed by atoms with Gasteiger partial charge in [0.1, 0.15) is 0 Å². The molecule has 6 N–H and O–H groups in total. The average Bonchev–Trinajstić information content (AvgIpc) is 2.35. The molecule has 0 saturated heterocycles. The van der Waals surface area contributed by atoms with E-state index in [1.807, 2.05) is 13.8 Å². The topological polar surface area (TPSA) is 164 Å². The molecule has 20 heavy (non-hydrogen) atoms. The molecule has 4 atom stereocenters. The molecule has 0 fully saturated rings. The average molecular weight is 342 g/mol.